The molecule has 1 unspecified atom stereocenters. The average Bonchev–Trinajstić information content (AvgIpc) is 3.04. The van der Waals surface area contributed by atoms with Gasteiger partial charge in [-0.15, -0.1) is 0 Å². The maximum absolute atomic E-state index is 13.0. The predicted octanol–water partition coefficient (Wildman–Crippen LogP) is 4.22. The van der Waals surface area contributed by atoms with E-state index in [9.17, 15) is 18.0 Å². The van der Waals surface area contributed by atoms with E-state index in [2.05, 4.69) is 10.1 Å². The van der Waals surface area contributed by atoms with Gasteiger partial charge in [-0.3, -0.25) is 0 Å². The number of piperidine rings is 1. The molecule has 1 saturated heterocycles. The fraction of sp³-hybridized carbons (Fsp3) is 0.400. The molecule has 25 heavy (non-hydrogen) atoms. The van der Waals surface area contributed by atoms with E-state index < -0.39 is 17.8 Å². The molecule has 0 aliphatic carbocycles. The fourth-order valence-electron chi connectivity index (χ4n) is 2.75. The molecule has 2 aromatic rings. The van der Waals surface area contributed by atoms with Crippen LogP contribution >= 0.6 is 22.6 Å². The Morgan fingerprint density at radius 1 is 1.40 bits per heavy atom. The number of benzene rings is 1. The van der Waals surface area contributed by atoms with Crippen LogP contribution in [0.25, 0.3) is 11.4 Å². The molecule has 1 amide bonds. The SMILES string of the molecule is O=C(O)N1CCCC(c2nc(-c3ccc(I)c(C(F)(F)F)c3)no2)C1. The Balaban J connectivity index is 1.86. The smallest absolute Gasteiger partial charge is 0.417 e. The van der Waals surface area contributed by atoms with Crippen molar-refractivity contribution < 1.29 is 27.6 Å². The molecule has 0 saturated carbocycles. The quantitative estimate of drug-likeness (QED) is 0.670. The van der Waals surface area contributed by atoms with E-state index in [0.29, 0.717) is 19.4 Å². The highest BCUT2D eigenvalue weighted by Crippen LogP contribution is 2.35. The number of hydrogen-bond acceptors (Lipinski definition) is 4. The van der Waals surface area contributed by atoms with Gasteiger partial charge in [0.25, 0.3) is 0 Å². The van der Waals surface area contributed by atoms with Crippen molar-refractivity contribution >= 4 is 28.7 Å². The van der Waals surface area contributed by atoms with E-state index in [1.807, 2.05) is 0 Å². The van der Waals surface area contributed by atoms with Crippen molar-refractivity contribution in [3.63, 3.8) is 0 Å². The molecule has 10 heteroatoms. The van der Waals surface area contributed by atoms with Gasteiger partial charge in [0.05, 0.1) is 11.5 Å². The minimum Gasteiger partial charge on any atom is -0.465 e. The number of carbonyl (C=O) groups is 1. The summed E-state index contributed by atoms with van der Waals surface area (Å²) >= 11 is 1.62. The molecule has 0 spiro atoms. The highest BCUT2D eigenvalue weighted by molar-refractivity contribution is 14.1. The number of nitrogens with zero attached hydrogens (tertiary/aromatic N) is 3. The molecule has 1 N–H and O–H groups in total. The first kappa shape index (κ1) is 18.0. The molecular formula is C15H13F3IN3O3. The molecule has 2 heterocycles. The van der Waals surface area contributed by atoms with Crippen molar-refractivity contribution in [2.75, 3.05) is 13.1 Å². The van der Waals surface area contributed by atoms with Crippen LogP contribution in [0, 0.1) is 3.57 Å². The van der Waals surface area contributed by atoms with Gasteiger partial charge in [-0.05, 0) is 53.6 Å². The maximum atomic E-state index is 13.0. The van der Waals surface area contributed by atoms with Gasteiger partial charge in [-0.1, -0.05) is 5.16 Å². The summed E-state index contributed by atoms with van der Waals surface area (Å²) in [5, 5.41) is 12.8. The Morgan fingerprint density at radius 2 is 2.16 bits per heavy atom. The van der Waals surface area contributed by atoms with E-state index in [1.54, 1.807) is 22.6 Å². The van der Waals surface area contributed by atoms with Gasteiger partial charge in [0.1, 0.15) is 0 Å². The number of likely N-dealkylation sites (tertiary alicyclic amines) is 1. The minimum absolute atomic E-state index is 0.0596. The molecule has 1 fully saturated rings. The molecule has 1 aliphatic heterocycles. The molecular weight excluding hydrogens is 454 g/mol. The summed E-state index contributed by atoms with van der Waals surface area (Å²) in [5.74, 6) is 0.0504. The van der Waals surface area contributed by atoms with Gasteiger partial charge in [0.2, 0.25) is 11.7 Å². The van der Waals surface area contributed by atoms with Crippen molar-refractivity contribution in [1.29, 1.82) is 0 Å². The second-order valence-corrected chi connectivity index (χ2v) is 6.88. The lowest BCUT2D eigenvalue weighted by atomic mass is 9.98. The lowest BCUT2D eigenvalue weighted by Crippen LogP contribution is -2.38. The van der Waals surface area contributed by atoms with E-state index >= 15 is 0 Å². The number of hydrogen-bond donors (Lipinski definition) is 1. The zero-order valence-corrected chi connectivity index (χ0v) is 14.9. The average molecular weight is 467 g/mol. The van der Waals surface area contributed by atoms with Crippen molar-refractivity contribution in [2.24, 2.45) is 0 Å². The van der Waals surface area contributed by atoms with Crippen LogP contribution in [0.2, 0.25) is 0 Å². The molecule has 1 atom stereocenters. The molecule has 6 nitrogen and oxygen atoms in total. The summed E-state index contributed by atoms with van der Waals surface area (Å²) in [6, 6.07) is 3.83. The number of aromatic nitrogens is 2. The molecule has 0 radical (unpaired) electrons. The standard InChI is InChI=1S/C15H13F3IN3O3/c16-15(17,18)10-6-8(3-4-11(10)19)12-20-13(25-21-12)9-2-1-5-22(7-9)14(23)24/h3-4,6,9H,1-2,5,7H2,(H,23,24). The van der Waals surface area contributed by atoms with E-state index in [1.165, 1.54) is 17.0 Å². The summed E-state index contributed by atoms with van der Waals surface area (Å²) in [6.07, 6.45) is -4.14. The van der Waals surface area contributed by atoms with Gasteiger partial charge in [-0.25, -0.2) is 4.79 Å². The second kappa shape index (κ2) is 6.81. The van der Waals surface area contributed by atoms with E-state index in [0.717, 1.165) is 6.07 Å². The normalized spacial score (nSPS) is 18.4. The maximum Gasteiger partial charge on any atom is 0.417 e. The van der Waals surface area contributed by atoms with Crippen LogP contribution in [0.4, 0.5) is 18.0 Å². The molecule has 1 aliphatic rings. The zero-order valence-electron chi connectivity index (χ0n) is 12.8. The lowest BCUT2D eigenvalue weighted by Gasteiger charge is -2.28. The summed E-state index contributed by atoms with van der Waals surface area (Å²) < 4.78 is 44.4. The molecule has 134 valence electrons. The van der Waals surface area contributed by atoms with Crippen LogP contribution in [0.5, 0.6) is 0 Å². The van der Waals surface area contributed by atoms with Crippen LogP contribution in [0.15, 0.2) is 22.7 Å². The number of carboxylic acid groups (broad SMARTS) is 1. The predicted molar refractivity (Wildman–Crippen MR) is 89.0 cm³/mol. The van der Waals surface area contributed by atoms with Gasteiger partial charge in [0, 0.05) is 22.2 Å². The topological polar surface area (TPSA) is 79.5 Å². The Hall–Kier alpha value is -1.85. The van der Waals surface area contributed by atoms with Crippen molar-refractivity contribution in [3.8, 4) is 11.4 Å². The molecule has 0 bridgehead atoms. The Kier molecular flexibility index (Phi) is 4.89. The van der Waals surface area contributed by atoms with Crippen molar-refractivity contribution in [3.05, 3.63) is 33.2 Å². The highest BCUT2D eigenvalue weighted by atomic mass is 127. The Bertz CT molecular complexity index is 794. The largest absolute Gasteiger partial charge is 0.465 e. The van der Waals surface area contributed by atoms with Gasteiger partial charge in [0.15, 0.2) is 0 Å². The number of amides is 1. The Labute approximate surface area is 154 Å². The summed E-state index contributed by atoms with van der Waals surface area (Å²) in [7, 11) is 0. The van der Waals surface area contributed by atoms with Crippen molar-refractivity contribution in [1.82, 2.24) is 15.0 Å². The van der Waals surface area contributed by atoms with Crippen LogP contribution < -0.4 is 0 Å². The molecule has 3 rings (SSSR count). The summed E-state index contributed by atoms with van der Waals surface area (Å²) in [6.45, 7) is 0.677. The van der Waals surface area contributed by atoms with Gasteiger partial charge in [-0.2, -0.15) is 18.2 Å². The third-order valence-corrected chi connectivity index (χ3v) is 4.95. The number of halogens is 4. The van der Waals surface area contributed by atoms with Gasteiger partial charge >= 0.3 is 12.3 Å². The first-order chi connectivity index (χ1) is 11.8. The molecule has 1 aromatic heterocycles. The van der Waals surface area contributed by atoms with Gasteiger partial charge < -0.3 is 14.5 Å². The highest BCUT2D eigenvalue weighted by Gasteiger charge is 2.34. The van der Waals surface area contributed by atoms with E-state index in [-0.39, 0.29) is 33.3 Å². The van der Waals surface area contributed by atoms with Crippen molar-refractivity contribution in [2.45, 2.75) is 24.9 Å². The number of rotatable bonds is 2. The summed E-state index contributed by atoms with van der Waals surface area (Å²) in [4.78, 5) is 16.5. The first-order valence-electron chi connectivity index (χ1n) is 7.44. The van der Waals surface area contributed by atoms with Crippen LogP contribution in [0.1, 0.15) is 30.2 Å². The zero-order chi connectivity index (χ0) is 18.2. The lowest BCUT2D eigenvalue weighted by molar-refractivity contribution is -0.138. The first-order valence-corrected chi connectivity index (χ1v) is 8.52. The third kappa shape index (κ3) is 3.88. The monoisotopic (exact) mass is 467 g/mol. The van der Waals surface area contributed by atoms with Crippen LogP contribution in [0.3, 0.4) is 0 Å². The van der Waals surface area contributed by atoms with Crippen LogP contribution in [-0.4, -0.2) is 39.3 Å². The van der Waals surface area contributed by atoms with Crippen LogP contribution in [-0.2, 0) is 6.18 Å². The fourth-order valence-corrected chi connectivity index (χ4v) is 3.39. The minimum atomic E-state index is -4.47. The Morgan fingerprint density at radius 3 is 2.84 bits per heavy atom. The third-order valence-electron chi connectivity index (χ3n) is 4.01. The number of alkyl halides is 3. The van der Waals surface area contributed by atoms with E-state index in [4.69, 9.17) is 9.63 Å². The summed E-state index contributed by atoms with van der Waals surface area (Å²) in [5.41, 5.74) is -0.555. The molecule has 1 aromatic carbocycles. The second-order valence-electron chi connectivity index (χ2n) is 5.72.